The fraction of sp³-hybridized carbons (Fsp3) is 0.300. The van der Waals surface area contributed by atoms with Gasteiger partial charge in [0.1, 0.15) is 5.75 Å². The Morgan fingerprint density at radius 1 is 1.47 bits per heavy atom. The second kappa shape index (κ2) is 5.27. The molecule has 0 unspecified atom stereocenters. The van der Waals surface area contributed by atoms with Gasteiger partial charge in [-0.1, -0.05) is 17.7 Å². The number of rotatable bonds is 3. The quantitative estimate of drug-likeness (QED) is 0.914. The van der Waals surface area contributed by atoms with Crippen molar-refractivity contribution in [1.82, 2.24) is 5.32 Å². The van der Waals surface area contributed by atoms with Crippen LogP contribution in [0.2, 0.25) is 5.02 Å². The van der Waals surface area contributed by atoms with Crippen LogP contribution in [0.3, 0.4) is 0 Å². The van der Waals surface area contributed by atoms with Gasteiger partial charge < -0.3 is 10.1 Å². The van der Waals surface area contributed by atoms with Crippen molar-refractivity contribution in [2.75, 3.05) is 7.11 Å². The van der Waals surface area contributed by atoms with Crippen molar-refractivity contribution in [3.8, 4) is 5.75 Å². The number of carbonyl (C=O) groups is 1. The standard InChI is InChI=1S/C10H9ClF3NO2/c1-17-8-3-2-6(4-7(8)11)5-15-9(16)10(12,13)14/h2-4H,5H2,1H3,(H,15,16). The van der Waals surface area contributed by atoms with Gasteiger partial charge in [-0.05, 0) is 17.7 Å². The highest BCUT2D eigenvalue weighted by Crippen LogP contribution is 2.25. The molecule has 1 aromatic rings. The van der Waals surface area contributed by atoms with E-state index in [-0.39, 0.29) is 11.6 Å². The highest BCUT2D eigenvalue weighted by Gasteiger charge is 2.38. The Hall–Kier alpha value is -1.43. The summed E-state index contributed by atoms with van der Waals surface area (Å²) in [5.74, 6) is -1.57. The molecule has 0 aliphatic rings. The van der Waals surface area contributed by atoms with E-state index >= 15 is 0 Å². The Labute approximate surface area is 101 Å². The Kier molecular flexibility index (Phi) is 4.22. The number of benzene rings is 1. The molecule has 0 spiro atoms. The highest BCUT2D eigenvalue weighted by atomic mass is 35.5. The monoisotopic (exact) mass is 267 g/mol. The number of methoxy groups -OCH3 is 1. The van der Waals surface area contributed by atoms with Crippen LogP contribution in [0.1, 0.15) is 5.56 Å². The van der Waals surface area contributed by atoms with Crippen molar-refractivity contribution < 1.29 is 22.7 Å². The first-order valence-corrected chi connectivity index (χ1v) is 4.90. The number of hydrogen-bond acceptors (Lipinski definition) is 2. The summed E-state index contributed by atoms with van der Waals surface area (Å²) in [6.45, 7) is -0.248. The van der Waals surface area contributed by atoms with Crippen LogP contribution in [0.5, 0.6) is 5.75 Å². The minimum Gasteiger partial charge on any atom is -0.495 e. The van der Waals surface area contributed by atoms with Crippen molar-refractivity contribution in [2.45, 2.75) is 12.7 Å². The fourth-order valence-electron chi connectivity index (χ4n) is 1.10. The molecule has 1 aromatic carbocycles. The van der Waals surface area contributed by atoms with Crippen LogP contribution in [0, 0.1) is 0 Å². The fourth-order valence-corrected chi connectivity index (χ4v) is 1.38. The second-order valence-corrected chi connectivity index (χ2v) is 3.56. The van der Waals surface area contributed by atoms with E-state index < -0.39 is 12.1 Å². The molecule has 17 heavy (non-hydrogen) atoms. The first-order chi connectivity index (χ1) is 7.84. The van der Waals surface area contributed by atoms with E-state index in [1.165, 1.54) is 25.3 Å². The van der Waals surface area contributed by atoms with E-state index in [0.717, 1.165) is 0 Å². The normalized spacial score (nSPS) is 11.1. The lowest BCUT2D eigenvalue weighted by Gasteiger charge is -2.09. The van der Waals surface area contributed by atoms with E-state index in [1.807, 2.05) is 0 Å². The van der Waals surface area contributed by atoms with E-state index in [4.69, 9.17) is 16.3 Å². The van der Waals surface area contributed by atoms with E-state index in [2.05, 4.69) is 0 Å². The summed E-state index contributed by atoms with van der Waals surface area (Å²) < 4.78 is 40.6. The van der Waals surface area contributed by atoms with Gasteiger partial charge >= 0.3 is 12.1 Å². The highest BCUT2D eigenvalue weighted by molar-refractivity contribution is 6.32. The molecule has 0 heterocycles. The molecule has 7 heteroatoms. The lowest BCUT2D eigenvalue weighted by Crippen LogP contribution is -2.36. The van der Waals surface area contributed by atoms with Crippen molar-refractivity contribution in [1.29, 1.82) is 0 Å². The summed E-state index contributed by atoms with van der Waals surface area (Å²) in [5, 5.41) is 2.01. The number of carbonyl (C=O) groups excluding carboxylic acids is 1. The van der Waals surface area contributed by atoms with Gasteiger partial charge in [0.25, 0.3) is 0 Å². The van der Waals surface area contributed by atoms with Gasteiger partial charge in [0.2, 0.25) is 0 Å². The summed E-state index contributed by atoms with van der Waals surface area (Å²) in [7, 11) is 1.42. The first-order valence-electron chi connectivity index (χ1n) is 4.52. The molecule has 0 aromatic heterocycles. The Balaban J connectivity index is 2.65. The predicted octanol–water partition coefficient (Wildman–Crippen LogP) is 2.53. The summed E-state index contributed by atoms with van der Waals surface area (Å²) in [5.41, 5.74) is 0.452. The molecule has 94 valence electrons. The smallest absolute Gasteiger partial charge is 0.471 e. The van der Waals surface area contributed by atoms with E-state index in [9.17, 15) is 18.0 Å². The molecule has 1 N–H and O–H groups in total. The van der Waals surface area contributed by atoms with Gasteiger partial charge in [0.05, 0.1) is 12.1 Å². The lowest BCUT2D eigenvalue weighted by molar-refractivity contribution is -0.173. The summed E-state index contributed by atoms with van der Waals surface area (Å²) in [4.78, 5) is 10.6. The van der Waals surface area contributed by atoms with Gasteiger partial charge in [-0.15, -0.1) is 0 Å². The maximum atomic E-state index is 11.9. The summed E-state index contributed by atoms with van der Waals surface area (Å²) in [6, 6.07) is 4.45. The van der Waals surface area contributed by atoms with Crippen LogP contribution in [0.15, 0.2) is 18.2 Å². The number of alkyl halides is 3. The van der Waals surface area contributed by atoms with Crippen molar-refractivity contribution in [2.24, 2.45) is 0 Å². The van der Waals surface area contributed by atoms with Crippen LogP contribution in [-0.2, 0) is 11.3 Å². The van der Waals surface area contributed by atoms with Gasteiger partial charge in [-0.25, -0.2) is 0 Å². The number of halogens is 4. The molecule has 0 radical (unpaired) electrons. The zero-order chi connectivity index (χ0) is 13.1. The number of nitrogens with one attached hydrogen (secondary N) is 1. The van der Waals surface area contributed by atoms with E-state index in [0.29, 0.717) is 11.3 Å². The van der Waals surface area contributed by atoms with Gasteiger partial charge in [-0.2, -0.15) is 13.2 Å². The Morgan fingerprint density at radius 3 is 2.59 bits per heavy atom. The number of amides is 1. The molecule has 1 amide bonds. The maximum absolute atomic E-state index is 11.9. The third-order valence-electron chi connectivity index (χ3n) is 1.93. The Morgan fingerprint density at radius 2 is 2.12 bits per heavy atom. The number of hydrogen-bond donors (Lipinski definition) is 1. The zero-order valence-electron chi connectivity index (χ0n) is 8.77. The SMILES string of the molecule is COc1ccc(CNC(=O)C(F)(F)F)cc1Cl. The minimum atomic E-state index is -4.88. The molecule has 0 aliphatic carbocycles. The average molecular weight is 268 g/mol. The first kappa shape index (κ1) is 13.6. The molecule has 0 fully saturated rings. The van der Waals surface area contributed by atoms with Crippen molar-refractivity contribution in [3.05, 3.63) is 28.8 Å². The van der Waals surface area contributed by atoms with Crippen LogP contribution in [0.25, 0.3) is 0 Å². The molecule has 0 bridgehead atoms. The zero-order valence-corrected chi connectivity index (χ0v) is 9.52. The van der Waals surface area contributed by atoms with Gasteiger partial charge in [0, 0.05) is 6.54 Å². The predicted molar refractivity (Wildman–Crippen MR) is 55.9 cm³/mol. The third kappa shape index (κ3) is 3.81. The van der Waals surface area contributed by atoms with Gasteiger partial charge in [0.15, 0.2) is 0 Å². The molecule has 0 aliphatic heterocycles. The molecule has 0 saturated heterocycles. The van der Waals surface area contributed by atoms with Crippen LogP contribution in [0.4, 0.5) is 13.2 Å². The minimum absolute atomic E-state index is 0.248. The van der Waals surface area contributed by atoms with Crippen LogP contribution >= 0.6 is 11.6 Å². The van der Waals surface area contributed by atoms with Crippen molar-refractivity contribution in [3.63, 3.8) is 0 Å². The molecule has 1 rings (SSSR count). The van der Waals surface area contributed by atoms with E-state index in [1.54, 1.807) is 5.32 Å². The van der Waals surface area contributed by atoms with Crippen molar-refractivity contribution >= 4 is 17.5 Å². The van der Waals surface area contributed by atoms with Gasteiger partial charge in [-0.3, -0.25) is 4.79 Å². The molecule has 3 nitrogen and oxygen atoms in total. The maximum Gasteiger partial charge on any atom is 0.471 e. The molecule has 0 atom stereocenters. The summed E-state index contributed by atoms with van der Waals surface area (Å²) >= 11 is 5.77. The second-order valence-electron chi connectivity index (χ2n) is 3.15. The molecular weight excluding hydrogens is 259 g/mol. The lowest BCUT2D eigenvalue weighted by atomic mass is 10.2. The third-order valence-corrected chi connectivity index (χ3v) is 2.22. The number of ether oxygens (including phenoxy) is 1. The Bertz CT molecular complexity index is 421. The molecular formula is C10H9ClF3NO2. The van der Waals surface area contributed by atoms with Crippen LogP contribution < -0.4 is 10.1 Å². The topological polar surface area (TPSA) is 38.3 Å². The average Bonchev–Trinajstić information content (AvgIpc) is 2.24. The van der Waals surface area contributed by atoms with Crippen LogP contribution in [-0.4, -0.2) is 19.2 Å². The molecule has 0 saturated carbocycles. The largest absolute Gasteiger partial charge is 0.495 e. The summed E-state index contributed by atoms with van der Waals surface area (Å²) in [6.07, 6.45) is -4.88.